The van der Waals surface area contributed by atoms with Crippen LogP contribution < -0.4 is 5.32 Å². The van der Waals surface area contributed by atoms with Crippen LogP contribution >= 0.6 is 0 Å². The van der Waals surface area contributed by atoms with Gasteiger partial charge in [0, 0.05) is 31.3 Å². The van der Waals surface area contributed by atoms with Crippen molar-refractivity contribution in [1.29, 1.82) is 5.41 Å². The van der Waals surface area contributed by atoms with Crippen LogP contribution in [0.3, 0.4) is 0 Å². The topological polar surface area (TPSA) is 109 Å². The van der Waals surface area contributed by atoms with E-state index in [2.05, 4.69) is 23.2 Å². The molecule has 0 aromatic rings. The number of ether oxygens (including phenoxy) is 1. The van der Waals surface area contributed by atoms with E-state index in [0.717, 1.165) is 56.2 Å². The highest BCUT2D eigenvalue weighted by Crippen LogP contribution is 2.49. The SMILES string of the molecule is CC1CCC(C(O)CC(=N)C2CCC3CN(C(O)CNC(O)OC(C)(C)C)C3C2)CC1C1CCCCC2CCCCC=C21. The van der Waals surface area contributed by atoms with Crippen LogP contribution in [0.4, 0.5) is 0 Å². The zero-order chi connectivity index (χ0) is 30.7. The van der Waals surface area contributed by atoms with E-state index >= 15 is 0 Å². The summed E-state index contributed by atoms with van der Waals surface area (Å²) in [6, 6.07) is 0.268. The van der Waals surface area contributed by atoms with E-state index in [1.165, 1.54) is 57.8 Å². The maximum atomic E-state index is 11.5. The van der Waals surface area contributed by atoms with Gasteiger partial charge in [-0.05, 0) is 126 Å². The minimum Gasteiger partial charge on any atom is -0.392 e. The Hall–Kier alpha value is -0.830. The van der Waals surface area contributed by atoms with Crippen LogP contribution in [0.2, 0.25) is 0 Å². The molecule has 5 aliphatic rings. The van der Waals surface area contributed by atoms with Gasteiger partial charge in [-0.25, -0.2) is 0 Å². The van der Waals surface area contributed by atoms with Gasteiger partial charge < -0.3 is 25.5 Å². The quantitative estimate of drug-likeness (QED) is 0.116. The van der Waals surface area contributed by atoms with Crippen molar-refractivity contribution >= 4 is 5.71 Å². The molecular formula is C36H63N3O4. The largest absolute Gasteiger partial charge is 0.392 e. The predicted octanol–water partition coefficient (Wildman–Crippen LogP) is 6.22. The number of hydrogen-bond donors (Lipinski definition) is 5. The van der Waals surface area contributed by atoms with E-state index in [4.69, 9.17) is 10.1 Å². The molecule has 246 valence electrons. The number of rotatable bonds is 10. The summed E-state index contributed by atoms with van der Waals surface area (Å²) in [6.45, 7) is 9.23. The predicted molar refractivity (Wildman–Crippen MR) is 173 cm³/mol. The summed E-state index contributed by atoms with van der Waals surface area (Å²) >= 11 is 0. The molecule has 4 aliphatic carbocycles. The van der Waals surface area contributed by atoms with Crippen LogP contribution in [0.5, 0.6) is 0 Å². The third-order valence-corrected chi connectivity index (χ3v) is 12.0. The second kappa shape index (κ2) is 14.7. The first-order valence-corrected chi connectivity index (χ1v) is 18.0. The molecule has 0 aromatic heterocycles. The van der Waals surface area contributed by atoms with Gasteiger partial charge >= 0.3 is 0 Å². The zero-order valence-corrected chi connectivity index (χ0v) is 27.6. The molecular weight excluding hydrogens is 538 g/mol. The summed E-state index contributed by atoms with van der Waals surface area (Å²) in [5.41, 5.74) is 2.04. The van der Waals surface area contributed by atoms with Crippen LogP contribution in [0.1, 0.15) is 124 Å². The number of allylic oxidation sites excluding steroid dienone is 2. The Bertz CT molecular complexity index is 949. The van der Waals surface area contributed by atoms with Crippen molar-refractivity contribution in [3.63, 3.8) is 0 Å². The van der Waals surface area contributed by atoms with E-state index in [1.54, 1.807) is 5.57 Å². The molecule has 11 atom stereocenters. The Morgan fingerprint density at radius 2 is 1.74 bits per heavy atom. The molecule has 11 unspecified atom stereocenters. The van der Waals surface area contributed by atoms with Gasteiger partial charge in [0.2, 0.25) is 6.41 Å². The lowest BCUT2D eigenvalue weighted by Crippen LogP contribution is -2.64. The molecule has 1 aliphatic heterocycles. The lowest BCUT2D eigenvalue weighted by molar-refractivity contribution is -0.192. The molecule has 0 spiro atoms. The van der Waals surface area contributed by atoms with E-state index in [-0.39, 0.29) is 18.5 Å². The molecule has 7 heteroatoms. The van der Waals surface area contributed by atoms with E-state index in [1.807, 2.05) is 20.8 Å². The van der Waals surface area contributed by atoms with Crippen molar-refractivity contribution in [2.45, 2.75) is 154 Å². The Labute approximate surface area is 261 Å². The smallest absolute Gasteiger partial charge is 0.214 e. The molecule has 7 nitrogen and oxygen atoms in total. The first-order valence-electron chi connectivity index (χ1n) is 18.0. The zero-order valence-electron chi connectivity index (χ0n) is 27.6. The van der Waals surface area contributed by atoms with Gasteiger partial charge in [-0.15, -0.1) is 0 Å². The second-order valence-electron chi connectivity index (χ2n) is 16.1. The summed E-state index contributed by atoms with van der Waals surface area (Å²) in [5, 5.41) is 44.4. The van der Waals surface area contributed by atoms with Crippen LogP contribution in [0.25, 0.3) is 0 Å². The minimum absolute atomic E-state index is 0.186. The first-order chi connectivity index (χ1) is 20.5. The normalized spacial score (nSPS) is 37.9. The fraction of sp³-hybridized carbons (Fsp3) is 0.917. The van der Waals surface area contributed by atoms with E-state index < -0.39 is 24.3 Å². The monoisotopic (exact) mass is 601 g/mol. The number of aliphatic hydroxyl groups is 3. The Morgan fingerprint density at radius 1 is 1.00 bits per heavy atom. The van der Waals surface area contributed by atoms with Gasteiger partial charge in [-0.2, -0.15) is 0 Å². The van der Waals surface area contributed by atoms with Crippen LogP contribution in [0, 0.1) is 46.8 Å². The number of hydrogen-bond acceptors (Lipinski definition) is 7. The van der Waals surface area contributed by atoms with Crippen molar-refractivity contribution in [2.75, 3.05) is 13.1 Å². The average molecular weight is 602 g/mol. The maximum Gasteiger partial charge on any atom is 0.214 e. The molecule has 0 amide bonds. The van der Waals surface area contributed by atoms with Crippen molar-refractivity contribution in [2.24, 2.45) is 41.4 Å². The standard InChI is InChI=1S/C36H63N3O4/c1-23-14-15-26(18-30(23)29-13-9-8-11-24-10-6-5-7-12-28(24)29)33(40)20-31(37)25-16-17-27-22-39(32(27)19-25)34(41)21-38-35(42)43-36(2,3)4/h12,23-27,29-30,32-35,37-38,40-42H,5-11,13-22H2,1-4H3. The van der Waals surface area contributed by atoms with Crippen molar-refractivity contribution in [3.8, 4) is 0 Å². The lowest BCUT2D eigenvalue weighted by Gasteiger charge is -2.54. The second-order valence-corrected chi connectivity index (χ2v) is 16.1. The summed E-state index contributed by atoms with van der Waals surface area (Å²) in [4.78, 5) is 2.12. The molecule has 43 heavy (non-hydrogen) atoms. The summed E-state index contributed by atoms with van der Waals surface area (Å²) in [6.07, 6.45) is 18.2. The fourth-order valence-electron chi connectivity index (χ4n) is 9.60. The van der Waals surface area contributed by atoms with Gasteiger partial charge in [0.15, 0.2) is 0 Å². The first kappa shape index (κ1) is 33.5. The van der Waals surface area contributed by atoms with Crippen LogP contribution in [-0.4, -0.2) is 69.4 Å². The molecule has 5 N–H and O–H groups in total. The number of nitrogens with one attached hydrogen (secondary N) is 2. The molecule has 0 aromatic carbocycles. The Morgan fingerprint density at radius 3 is 2.51 bits per heavy atom. The van der Waals surface area contributed by atoms with Gasteiger partial charge in [0.1, 0.15) is 6.23 Å². The highest BCUT2D eigenvalue weighted by molar-refractivity contribution is 5.84. The average Bonchev–Trinajstić information content (AvgIpc) is 3.28. The Kier molecular flexibility index (Phi) is 11.5. The molecule has 0 bridgehead atoms. The Balaban J connectivity index is 1.13. The van der Waals surface area contributed by atoms with Gasteiger partial charge in [0.25, 0.3) is 0 Å². The molecule has 1 saturated heterocycles. The number of aliphatic hydroxyl groups excluding tert-OH is 3. The van der Waals surface area contributed by atoms with Gasteiger partial charge in [-0.1, -0.05) is 44.3 Å². The highest BCUT2D eigenvalue weighted by Gasteiger charge is 2.47. The molecule has 4 fully saturated rings. The molecule has 0 radical (unpaired) electrons. The molecule has 3 saturated carbocycles. The van der Waals surface area contributed by atoms with E-state index in [9.17, 15) is 15.3 Å². The summed E-state index contributed by atoms with van der Waals surface area (Å²) < 4.78 is 5.50. The fourth-order valence-corrected chi connectivity index (χ4v) is 9.60. The van der Waals surface area contributed by atoms with Crippen molar-refractivity contribution in [1.82, 2.24) is 10.2 Å². The van der Waals surface area contributed by atoms with E-state index in [0.29, 0.717) is 30.1 Å². The maximum absolute atomic E-state index is 11.5. The van der Waals surface area contributed by atoms with Crippen LogP contribution in [0.15, 0.2) is 11.6 Å². The third kappa shape index (κ3) is 8.51. The van der Waals surface area contributed by atoms with Crippen molar-refractivity contribution in [3.05, 3.63) is 11.6 Å². The van der Waals surface area contributed by atoms with Gasteiger partial charge in [-0.3, -0.25) is 10.2 Å². The summed E-state index contributed by atoms with van der Waals surface area (Å²) in [7, 11) is 0. The highest BCUT2D eigenvalue weighted by atomic mass is 16.6. The molecule has 1 heterocycles. The number of fused-ring (bicyclic) bond motifs is 2. The van der Waals surface area contributed by atoms with Crippen molar-refractivity contribution < 1.29 is 20.1 Å². The summed E-state index contributed by atoms with van der Waals surface area (Å²) in [5.74, 6) is 3.97. The third-order valence-electron chi connectivity index (χ3n) is 12.0. The number of nitrogens with zero attached hydrogens (tertiary/aromatic N) is 1. The molecule has 5 rings (SSSR count). The lowest BCUT2D eigenvalue weighted by atomic mass is 9.63. The number of likely N-dealkylation sites (tertiary alicyclic amines) is 1. The van der Waals surface area contributed by atoms with Crippen LogP contribution in [-0.2, 0) is 4.74 Å². The van der Waals surface area contributed by atoms with Gasteiger partial charge in [0.05, 0.1) is 11.7 Å². The minimum atomic E-state index is -1.12.